The van der Waals surface area contributed by atoms with Crippen LogP contribution in [-0.2, 0) is 0 Å². The van der Waals surface area contributed by atoms with Crippen molar-refractivity contribution in [2.45, 2.75) is 32.8 Å². The van der Waals surface area contributed by atoms with Crippen molar-refractivity contribution in [3.8, 4) is 6.07 Å². The molecule has 0 saturated carbocycles. The summed E-state index contributed by atoms with van der Waals surface area (Å²) in [4.78, 5) is 0. The lowest BCUT2D eigenvalue weighted by Gasteiger charge is -2.10. The summed E-state index contributed by atoms with van der Waals surface area (Å²) >= 11 is 0. The van der Waals surface area contributed by atoms with Gasteiger partial charge in [0.1, 0.15) is 0 Å². The summed E-state index contributed by atoms with van der Waals surface area (Å²) in [5.41, 5.74) is 0. The van der Waals surface area contributed by atoms with Crippen molar-refractivity contribution in [2.75, 3.05) is 0 Å². The Morgan fingerprint density at radius 3 is 2.11 bits per heavy atom. The van der Waals surface area contributed by atoms with Crippen LogP contribution >= 0.6 is 0 Å². The molecule has 1 N–H and O–H groups in total. The summed E-state index contributed by atoms with van der Waals surface area (Å²) in [6.07, 6.45) is 0.984. The minimum absolute atomic E-state index is 0.171. The Hall–Kier alpha value is -0.550. The van der Waals surface area contributed by atoms with Gasteiger partial charge in [-0.2, -0.15) is 5.26 Å². The third-order valence-electron chi connectivity index (χ3n) is 1.49. The molecule has 0 aromatic carbocycles. The first-order valence-electron chi connectivity index (χ1n) is 3.33. The van der Waals surface area contributed by atoms with Gasteiger partial charge >= 0.3 is 0 Å². The van der Waals surface area contributed by atoms with E-state index in [1.54, 1.807) is 0 Å². The Morgan fingerprint density at radius 1 is 1.44 bits per heavy atom. The second kappa shape index (κ2) is 4.34. The van der Waals surface area contributed by atoms with E-state index in [9.17, 15) is 0 Å². The first kappa shape index (κ1) is 8.45. The molecule has 0 aromatic rings. The molecule has 0 aliphatic heterocycles. The van der Waals surface area contributed by atoms with E-state index in [-0.39, 0.29) is 5.92 Å². The van der Waals surface area contributed by atoms with Gasteiger partial charge in [0.25, 0.3) is 0 Å². The highest BCUT2D eigenvalue weighted by atomic mass is 16.3. The van der Waals surface area contributed by atoms with Crippen molar-refractivity contribution < 1.29 is 5.11 Å². The molecule has 0 aliphatic rings. The van der Waals surface area contributed by atoms with Crippen molar-refractivity contribution in [2.24, 2.45) is 5.92 Å². The molecule has 0 saturated heterocycles. The number of aliphatic hydroxyl groups is 1. The van der Waals surface area contributed by atoms with E-state index in [0.717, 1.165) is 6.42 Å². The number of rotatable bonds is 3. The highest BCUT2D eigenvalue weighted by molar-refractivity contribution is 4.86. The second-order valence-electron chi connectivity index (χ2n) is 2.12. The van der Waals surface area contributed by atoms with E-state index >= 15 is 0 Å². The molecule has 0 heterocycles. The Labute approximate surface area is 56.1 Å². The van der Waals surface area contributed by atoms with Crippen LogP contribution in [-0.4, -0.2) is 11.2 Å². The van der Waals surface area contributed by atoms with E-state index in [1.807, 2.05) is 13.8 Å². The van der Waals surface area contributed by atoms with E-state index in [4.69, 9.17) is 10.4 Å². The Balaban J connectivity index is 3.68. The highest BCUT2D eigenvalue weighted by Crippen LogP contribution is 2.09. The predicted molar refractivity (Wildman–Crippen MR) is 35.7 cm³/mol. The zero-order valence-electron chi connectivity index (χ0n) is 5.96. The summed E-state index contributed by atoms with van der Waals surface area (Å²) in [6, 6.07) is 2.05. The first-order chi connectivity index (χ1) is 4.26. The molecule has 0 spiro atoms. The van der Waals surface area contributed by atoms with Gasteiger partial charge in [-0.3, -0.25) is 0 Å². The Morgan fingerprint density at radius 2 is 2.00 bits per heavy atom. The monoisotopic (exact) mass is 127 g/mol. The molecule has 0 amide bonds. The molecule has 0 rings (SSSR count). The minimum atomic E-state index is -0.431. The highest BCUT2D eigenvalue weighted by Gasteiger charge is 2.13. The van der Waals surface area contributed by atoms with Crippen molar-refractivity contribution in [3.63, 3.8) is 0 Å². The smallest absolute Gasteiger partial charge is 0.0720 e. The van der Waals surface area contributed by atoms with Gasteiger partial charge < -0.3 is 5.11 Å². The number of hydrogen-bond donors (Lipinski definition) is 1. The van der Waals surface area contributed by atoms with Gasteiger partial charge in [0.05, 0.1) is 18.1 Å². The molecule has 0 aliphatic carbocycles. The fourth-order valence-corrected chi connectivity index (χ4v) is 0.734. The fourth-order valence-electron chi connectivity index (χ4n) is 0.734. The van der Waals surface area contributed by atoms with Crippen LogP contribution in [0.15, 0.2) is 0 Å². The van der Waals surface area contributed by atoms with Crippen LogP contribution in [0.3, 0.4) is 0 Å². The number of hydrogen-bond acceptors (Lipinski definition) is 2. The Bertz CT molecular complexity index is 106. The second-order valence-corrected chi connectivity index (χ2v) is 2.12. The molecule has 0 fully saturated rings. The lowest BCUT2D eigenvalue weighted by molar-refractivity contribution is 0.127. The quantitative estimate of drug-likeness (QED) is 0.621. The van der Waals surface area contributed by atoms with E-state index in [0.29, 0.717) is 6.42 Å². The van der Waals surface area contributed by atoms with Gasteiger partial charge in [-0.1, -0.05) is 13.8 Å². The van der Waals surface area contributed by atoms with Crippen molar-refractivity contribution in [1.82, 2.24) is 0 Å². The van der Waals surface area contributed by atoms with Gasteiger partial charge in [-0.05, 0) is 12.8 Å². The normalized spacial score (nSPS) is 16.2. The summed E-state index contributed by atoms with van der Waals surface area (Å²) in [7, 11) is 0. The third-order valence-corrected chi connectivity index (χ3v) is 1.49. The number of aliphatic hydroxyl groups excluding tert-OH is 1. The lowest BCUT2D eigenvalue weighted by Crippen LogP contribution is -2.16. The summed E-state index contributed by atoms with van der Waals surface area (Å²) < 4.78 is 0. The molecular weight excluding hydrogens is 114 g/mol. The first-order valence-corrected chi connectivity index (χ1v) is 3.33. The number of nitrogens with zero attached hydrogens (tertiary/aromatic N) is 1. The molecule has 0 radical (unpaired) electrons. The standard InChI is InChI=1S/C7H13NO/c1-3-6(5-8)7(9)4-2/h6-7,9H,3-4H2,1-2H3/t6-,7+/m0/s1. The number of nitriles is 1. The van der Waals surface area contributed by atoms with Crippen LogP contribution in [0.25, 0.3) is 0 Å². The molecule has 52 valence electrons. The van der Waals surface area contributed by atoms with Gasteiger partial charge in [-0.25, -0.2) is 0 Å². The van der Waals surface area contributed by atoms with Crippen LogP contribution in [0.1, 0.15) is 26.7 Å². The zero-order chi connectivity index (χ0) is 7.28. The molecule has 2 atom stereocenters. The van der Waals surface area contributed by atoms with Gasteiger partial charge in [0.2, 0.25) is 0 Å². The van der Waals surface area contributed by atoms with Crippen LogP contribution in [0.2, 0.25) is 0 Å². The molecule has 0 unspecified atom stereocenters. The van der Waals surface area contributed by atoms with Crippen molar-refractivity contribution >= 4 is 0 Å². The predicted octanol–water partition coefficient (Wildman–Crippen LogP) is 1.31. The third kappa shape index (κ3) is 2.48. The molecule has 2 nitrogen and oxygen atoms in total. The Kier molecular flexibility index (Phi) is 4.08. The molecule has 0 aromatic heterocycles. The lowest BCUT2D eigenvalue weighted by atomic mass is 10.00. The van der Waals surface area contributed by atoms with Crippen molar-refractivity contribution in [3.05, 3.63) is 0 Å². The van der Waals surface area contributed by atoms with Gasteiger partial charge in [0, 0.05) is 0 Å². The maximum atomic E-state index is 9.10. The molecule has 0 bridgehead atoms. The minimum Gasteiger partial charge on any atom is -0.392 e. The van der Waals surface area contributed by atoms with Crippen LogP contribution in [0.4, 0.5) is 0 Å². The summed E-state index contributed by atoms with van der Waals surface area (Å²) in [5.74, 6) is -0.171. The molecule has 2 heteroatoms. The van der Waals surface area contributed by atoms with Gasteiger partial charge in [-0.15, -0.1) is 0 Å². The molecular formula is C7H13NO. The average Bonchev–Trinajstić information content (AvgIpc) is 1.90. The largest absolute Gasteiger partial charge is 0.392 e. The van der Waals surface area contributed by atoms with Crippen molar-refractivity contribution in [1.29, 1.82) is 5.26 Å². The maximum absolute atomic E-state index is 9.10. The fraction of sp³-hybridized carbons (Fsp3) is 0.857. The van der Waals surface area contributed by atoms with E-state index in [2.05, 4.69) is 6.07 Å². The summed E-state index contributed by atoms with van der Waals surface area (Å²) in [6.45, 7) is 3.79. The topological polar surface area (TPSA) is 44.0 Å². The summed E-state index contributed by atoms with van der Waals surface area (Å²) in [5, 5.41) is 17.5. The van der Waals surface area contributed by atoms with Crippen LogP contribution in [0, 0.1) is 17.2 Å². The van der Waals surface area contributed by atoms with E-state index < -0.39 is 6.10 Å². The average molecular weight is 127 g/mol. The zero-order valence-corrected chi connectivity index (χ0v) is 5.96. The molecule has 9 heavy (non-hydrogen) atoms. The van der Waals surface area contributed by atoms with E-state index in [1.165, 1.54) is 0 Å². The van der Waals surface area contributed by atoms with Gasteiger partial charge in [0.15, 0.2) is 0 Å². The maximum Gasteiger partial charge on any atom is 0.0720 e. The van der Waals surface area contributed by atoms with Crippen LogP contribution < -0.4 is 0 Å². The van der Waals surface area contributed by atoms with Crippen LogP contribution in [0.5, 0.6) is 0 Å². The SMILES string of the molecule is CC[C@@H](O)[C@H](C#N)CC.